The number of carbonyl (C=O) groups excluding carboxylic acids is 1. The number of rotatable bonds is 11. The van der Waals surface area contributed by atoms with E-state index >= 15 is 0 Å². The van der Waals surface area contributed by atoms with Crippen molar-refractivity contribution in [2.24, 2.45) is 11.0 Å². The molecule has 9 heteroatoms. The van der Waals surface area contributed by atoms with Crippen molar-refractivity contribution in [2.45, 2.75) is 51.0 Å². The zero-order valence-corrected chi connectivity index (χ0v) is 20.7. The second kappa shape index (κ2) is 12.1. The fourth-order valence-electron chi connectivity index (χ4n) is 4.59. The van der Waals surface area contributed by atoms with E-state index in [4.69, 9.17) is 14.7 Å². The lowest BCUT2D eigenvalue weighted by molar-refractivity contribution is 0.155. The molecule has 1 fully saturated rings. The highest BCUT2D eigenvalue weighted by Crippen LogP contribution is 2.48. The second-order valence-corrected chi connectivity index (χ2v) is 9.21. The van der Waals surface area contributed by atoms with E-state index in [1.165, 1.54) is 6.07 Å². The summed E-state index contributed by atoms with van der Waals surface area (Å²) in [5.41, 5.74) is 10.4. The van der Waals surface area contributed by atoms with Gasteiger partial charge in [0, 0.05) is 35.0 Å². The Labute approximate surface area is 214 Å². The molecule has 0 radical (unpaired) electrons. The van der Waals surface area contributed by atoms with Gasteiger partial charge in [-0.15, -0.1) is 0 Å². The Balaban J connectivity index is 1.54. The normalized spacial score (nSPS) is 14.3. The standard InChI is InChI=1S/C28H30N4O5/c1-2-19(13-14-30-32-29)24-16-23(33)26(27(34)37-24)25(20-11-12-20)21-9-6-10-22(15-21)31-28(35)36-17-18-7-4-3-5-8-18/h3-10,15-16,19-20,25,33H,2,11-14,17H2,1H3,(H,31,35). The van der Waals surface area contributed by atoms with Crippen LogP contribution < -0.4 is 10.9 Å². The Bertz CT molecular complexity index is 1330. The molecule has 192 valence electrons. The quantitative estimate of drug-likeness (QED) is 0.168. The summed E-state index contributed by atoms with van der Waals surface area (Å²) in [4.78, 5) is 28.3. The first-order valence-corrected chi connectivity index (χ1v) is 12.5. The van der Waals surface area contributed by atoms with Gasteiger partial charge in [-0.25, -0.2) is 9.59 Å². The Morgan fingerprint density at radius 3 is 2.68 bits per heavy atom. The van der Waals surface area contributed by atoms with Crippen LogP contribution in [0.3, 0.4) is 0 Å². The number of benzene rings is 2. The highest BCUT2D eigenvalue weighted by atomic mass is 16.5. The first-order chi connectivity index (χ1) is 18.0. The molecule has 2 unspecified atom stereocenters. The van der Waals surface area contributed by atoms with E-state index in [-0.39, 0.29) is 42.2 Å². The van der Waals surface area contributed by atoms with Gasteiger partial charge in [-0.05, 0) is 60.4 Å². The van der Waals surface area contributed by atoms with E-state index in [1.54, 1.807) is 18.2 Å². The summed E-state index contributed by atoms with van der Waals surface area (Å²) in [5.74, 6) is -0.0477. The molecule has 1 aliphatic rings. The van der Waals surface area contributed by atoms with E-state index < -0.39 is 11.7 Å². The molecule has 0 saturated heterocycles. The molecule has 9 nitrogen and oxygen atoms in total. The Morgan fingerprint density at radius 2 is 2.00 bits per heavy atom. The zero-order chi connectivity index (χ0) is 26.2. The van der Waals surface area contributed by atoms with E-state index in [0.717, 1.165) is 24.0 Å². The number of aromatic hydroxyl groups is 1. The number of carbonyl (C=O) groups is 1. The predicted octanol–water partition coefficient (Wildman–Crippen LogP) is 6.83. The smallest absolute Gasteiger partial charge is 0.411 e. The number of ether oxygens (including phenoxy) is 1. The monoisotopic (exact) mass is 502 g/mol. The number of amides is 1. The maximum atomic E-state index is 13.1. The van der Waals surface area contributed by atoms with Crippen molar-refractivity contribution in [3.63, 3.8) is 0 Å². The molecule has 2 N–H and O–H groups in total. The van der Waals surface area contributed by atoms with Crippen molar-refractivity contribution in [3.8, 4) is 5.75 Å². The van der Waals surface area contributed by atoms with Gasteiger partial charge < -0.3 is 14.3 Å². The minimum Gasteiger partial charge on any atom is -0.507 e. The summed E-state index contributed by atoms with van der Waals surface area (Å²) in [6.45, 7) is 2.38. The summed E-state index contributed by atoms with van der Waals surface area (Å²) in [7, 11) is 0. The molecule has 1 aliphatic carbocycles. The van der Waals surface area contributed by atoms with Crippen LogP contribution in [0.1, 0.15) is 66.9 Å². The lowest BCUT2D eigenvalue weighted by atomic mass is 9.86. The summed E-state index contributed by atoms with van der Waals surface area (Å²) >= 11 is 0. The van der Waals surface area contributed by atoms with Gasteiger partial charge >= 0.3 is 11.7 Å². The molecule has 1 amide bonds. The molecule has 0 bridgehead atoms. The van der Waals surface area contributed by atoms with Crippen LogP contribution in [0.25, 0.3) is 10.4 Å². The van der Waals surface area contributed by atoms with Crippen LogP contribution in [0.5, 0.6) is 5.75 Å². The van der Waals surface area contributed by atoms with Gasteiger partial charge in [0.2, 0.25) is 0 Å². The molecule has 1 heterocycles. The van der Waals surface area contributed by atoms with Gasteiger partial charge in [0.05, 0.1) is 5.56 Å². The third kappa shape index (κ3) is 6.71. The zero-order valence-electron chi connectivity index (χ0n) is 20.7. The summed E-state index contributed by atoms with van der Waals surface area (Å²) in [6, 6.07) is 18.1. The minimum absolute atomic E-state index is 0.106. The number of azide groups is 1. The highest BCUT2D eigenvalue weighted by molar-refractivity contribution is 5.84. The molecular weight excluding hydrogens is 472 g/mol. The third-order valence-electron chi connectivity index (χ3n) is 6.63. The van der Waals surface area contributed by atoms with Crippen molar-refractivity contribution in [1.29, 1.82) is 0 Å². The molecule has 2 aromatic carbocycles. The Kier molecular flexibility index (Phi) is 8.48. The van der Waals surface area contributed by atoms with Crippen LogP contribution in [-0.4, -0.2) is 17.7 Å². The van der Waals surface area contributed by atoms with Gasteiger partial charge in [0.1, 0.15) is 18.1 Å². The Hall–Kier alpha value is -4.23. The number of anilines is 1. The SMILES string of the molecule is CCC(CCN=[N+]=[N-])c1cc(O)c(C(c2cccc(NC(=O)OCc3ccccc3)c2)C2CC2)c(=O)o1. The molecule has 4 rings (SSSR count). The van der Waals surface area contributed by atoms with Gasteiger partial charge in [0.25, 0.3) is 0 Å². The molecule has 2 atom stereocenters. The van der Waals surface area contributed by atoms with Crippen molar-refractivity contribution in [2.75, 3.05) is 11.9 Å². The van der Waals surface area contributed by atoms with Crippen molar-refractivity contribution >= 4 is 11.8 Å². The van der Waals surface area contributed by atoms with Crippen molar-refractivity contribution in [3.05, 3.63) is 104 Å². The van der Waals surface area contributed by atoms with Gasteiger partial charge in [-0.2, -0.15) is 0 Å². The fourth-order valence-corrected chi connectivity index (χ4v) is 4.59. The number of nitrogens with one attached hydrogen (secondary N) is 1. The van der Waals surface area contributed by atoms with Gasteiger partial charge in [-0.3, -0.25) is 5.32 Å². The molecule has 0 spiro atoms. The third-order valence-corrected chi connectivity index (χ3v) is 6.63. The van der Waals surface area contributed by atoms with Gasteiger partial charge in [-0.1, -0.05) is 54.5 Å². The highest BCUT2D eigenvalue weighted by Gasteiger charge is 2.37. The Morgan fingerprint density at radius 1 is 1.22 bits per heavy atom. The summed E-state index contributed by atoms with van der Waals surface area (Å²) in [6.07, 6.45) is 2.45. The van der Waals surface area contributed by atoms with Crippen LogP contribution >= 0.6 is 0 Å². The van der Waals surface area contributed by atoms with Crippen LogP contribution in [0, 0.1) is 5.92 Å². The number of hydrogen-bond acceptors (Lipinski definition) is 6. The summed E-state index contributed by atoms with van der Waals surface area (Å²) in [5, 5.41) is 17.3. The molecule has 0 aliphatic heterocycles. The van der Waals surface area contributed by atoms with E-state index in [2.05, 4.69) is 15.3 Å². The lowest BCUT2D eigenvalue weighted by Crippen LogP contribution is -2.18. The van der Waals surface area contributed by atoms with Crippen LogP contribution in [0.2, 0.25) is 0 Å². The summed E-state index contributed by atoms with van der Waals surface area (Å²) < 4.78 is 11.0. The van der Waals surface area contributed by atoms with Crippen molar-refractivity contribution in [1.82, 2.24) is 0 Å². The van der Waals surface area contributed by atoms with Crippen LogP contribution in [0.4, 0.5) is 10.5 Å². The average molecular weight is 503 g/mol. The first kappa shape index (κ1) is 25.9. The lowest BCUT2D eigenvalue weighted by Gasteiger charge is -2.20. The first-order valence-electron chi connectivity index (χ1n) is 12.5. The molecule has 1 aromatic heterocycles. The maximum absolute atomic E-state index is 13.1. The van der Waals surface area contributed by atoms with Crippen LogP contribution in [0.15, 0.2) is 75.0 Å². The van der Waals surface area contributed by atoms with Gasteiger partial charge in [0.15, 0.2) is 0 Å². The predicted molar refractivity (Wildman–Crippen MR) is 140 cm³/mol. The van der Waals surface area contributed by atoms with Crippen LogP contribution in [-0.2, 0) is 11.3 Å². The molecule has 1 saturated carbocycles. The van der Waals surface area contributed by atoms with Crippen molar-refractivity contribution < 1.29 is 19.1 Å². The number of hydrogen-bond donors (Lipinski definition) is 2. The van der Waals surface area contributed by atoms with E-state index in [9.17, 15) is 14.7 Å². The molecule has 3 aromatic rings. The topological polar surface area (TPSA) is 138 Å². The number of nitrogens with zero attached hydrogens (tertiary/aromatic N) is 3. The minimum atomic E-state index is -0.581. The fraction of sp³-hybridized carbons (Fsp3) is 0.357. The van der Waals surface area contributed by atoms with E-state index in [1.807, 2.05) is 43.3 Å². The maximum Gasteiger partial charge on any atom is 0.411 e. The molecule has 37 heavy (non-hydrogen) atoms. The second-order valence-electron chi connectivity index (χ2n) is 9.21. The molecular formula is C28H30N4O5. The van der Waals surface area contributed by atoms with E-state index in [0.29, 0.717) is 24.3 Å². The average Bonchev–Trinajstić information content (AvgIpc) is 3.73. The largest absolute Gasteiger partial charge is 0.507 e.